The van der Waals surface area contributed by atoms with Crippen molar-refractivity contribution in [2.24, 2.45) is 5.41 Å². The summed E-state index contributed by atoms with van der Waals surface area (Å²) in [7, 11) is 1.49. The number of nitrogens with zero attached hydrogens (tertiary/aromatic N) is 3. The molecule has 0 fully saturated rings. The van der Waals surface area contributed by atoms with Crippen LogP contribution in [0.4, 0.5) is 5.95 Å². The fourth-order valence-electron chi connectivity index (χ4n) is 0.898. The lowest BCUT2D eigenvalue weighted by molar-refractivity contribution is 0.355. The lowest BCUT2D eigenvalue weighted by Gasteiger charge is -2.27. The summed E-state index contributed by atoms with van der Waals surface area (Å²) >= 11 is 5.74. The third-order valence-corrected chi connectivity index (χ3v) is 2.58. The van der Waals surface area contributed by atoms with Crippen molar-refractivity contribution in [1.82, 2.24) is 15.0 Å². The van der Waals surface area contributed by atoms with Gasteiger partial charge in [0.1, 0.15) is 0 Å². The summed E-state index contributed by atoms with van der Waals surface area (Å²) in [5, 5.41) is 3.29. The Morgan fingerprint density at radius 1 is 1.25 bits per heavy atom. The van der Waals surface area contributed by atoms with Crippen LogP contribution in [0.3, 0.4) is 0 Å². The smallest absolute Gasteiger partial charge is 0.322 e. The molecule has 6 heteroatoms. The summed E-state index contributed by atoms with van der Waals surface area (Å²) in [6, 6.07) is 0.416. The van der Waals surface area contributed by atoms with Gasteiger partial charge in [-0.1, -0.05) is 20.8 Å². The Bertz CT molecular complexity index is 364. The Balaban J connectivity index is 2.85. The van der Waals surface area contributed by atoms with E-state index in [-0.39, 0.29) is 22.8 Å². The highest BCUT2D eigenvalue weighted by molar-refractivity contribution is 6.28. The van der Waals surface area contributed by atoms with Crippen LogP contribution in [0, 0.1) is 5.41 Å². The van der Waals surface area contributed by atoms with E-state index < -0.39 is 0 Å². The van der Waals surface area contributed by atoms with Crippen LogP contribution in [0.1, 0.15) is 27.7 Å². The van der Waals surface area contributed by atoms with E-state index in [2.05, 4.69) is 48.0 Å². The first-order chi connectivity index (χ1) is 7.32. The molecule has 0 aliphatic heterocycles. The van der Waals surface area contributed by atoms with Crippen molar-refractivity contribution >= 4 is 17.5 Å². The molecule has 0 spiro atoms. The molecular formula is C10H17ClN4O. The maximum absolute atomic E-state index is 5.74. The molecule has 1 atom stereocenters. The minimum atomic E-state index is 0.104. The lowest BCUT2D eigenvalue weighted by Crippen LogP contribution is -2.31. The van der Waals surface area contributed by atoms with Gasteiger partial charge in [0.25, 0.3) is 0 Å². The highest BCUT2D eigenvalue weighted by atomic mass is 35.5. The van der Waals surface area contributed by atoms with Crippen molar-refractivity contribution in [3.8, 4) is 6.01 Å². The van der Waals surface area contributed by atoms with Gasteiger partial charge in [0.15, 0.2) is 0 Å². The Morgan fingerprint density at radius 2 is 1.88 bits per heavy atom. The van der Waals surface area contributed by atoms with Gasteiger partial charge in [-0.05, 0) is 23.9 Å². The topological polar surface area (TPSA) is 59.9 Å². The second-order valence-corrected chi connectivity index (χ2v) is 4.98. The van der Waals surface area contributed by atoms with Crippen molar-refractivity contribution in [3.63, 3.8) is 0 Å². The molecule has 0 aliphatic rings. The summed E-state index contributed by atoms with van der Waals surface area (Å²) in [6.07, 6.45) is 0. The number of halogens is 1. The SMILES string of the molecule is COc1nc(Cl)nc(NC(C)C(C)(C)C)n1. The minimum Gasteiger partial charge on any atom is -0.467 e. The number of ether oxygens (including phenoxy) is 1. The standard InChI is InChI=1S/C10H17ClN4O/c1-6(10(2,3)4)12-8-13-7(11)14-9(15-8)16-5/h6H,1-5H3,(H,12,13,14,15). The lowest BCUT2D eigenvalue weighted by atomic mass is 9.88. The van der Waals surface area contributed by atoms with E-state index >= 15 is 0 Å². The molecule has 0 bridgehead atoms. The molecular weight excluding hydrogens is 228 g/mol. The average Bonchev–Trinajstić information content (AvgIpc) is 2.15. The molecule has 0 amide bonds. The summed E-state index contributed by atoms with van der Waals surface area (Å²) < 4.78 is 4.92. The zero-order valence-corrected chi connectivity index (χ0v) is 11.0. The molecule has 0 saturated carbocycles. The zero-order valence-electron chi connectivity index (χ0n) is 10.2. The van der Waals surface area contributed by atoms with Crippen molar-refractivity contribution in [2.75, 3.05) is 12.4 Å². The van der Waals surface area contributed by atoms with Gasteiger partial charge < -0.3 is 10.1 Å². The third-order valence-electron chi connectivity index (χ3n) is 2.41. The number of hydrogen-bond acceptors (Lipinski definition) is 5. The van der Waals surface area contributed by atoms with E-state index in [4.69, 9.17) is 16.3 Å². The Hall–Kier alpha value is -1.10. The second-order valence-electron chi connectivity index (χ2n) is 4.65. The van der Waals surface area contributed by atoms with E-state index in [1.54, 1.807) is 0 Å². The van der Waals surface area contributed by atoms with Gasteiger partial charge in [-0.15, -0.1) is 0 Å². The molecule has 90 valence electrons. The molecule has 1 rings (SSSR count). The van der Waals surface area contributed by atoms with Crippen LogP contribution >= 0.6 is 11.6 Å². The fourth-order valence-corrected chi connectivity index (χ4v) is 1.05. The molecule has 1 heterocycles. The van der Waals surface area contributed by atoms with Gasteiger partial charge in [-0.3, -0.25) is 0 Å². The zero-order chi connectivity index (χ0) is 12.3. The van der Waals surface area contributed by atoms with Crippen LogP contribution in [0.15, 0.2) is 0 Å². The van der Waals surface area contributed by atoms with E-state index in [1.807, 2.05) is 0 Å². The number of hydrogen-bond donors (Lipinski definition) is 1. The normalized spacial score (nSPS) is 13.4. The van der Waals surface area contributed by atoms with E-state index in [0.29, 0.717) is 5.95 Å². The number of aromatic nitrogens is 3. The van der Waals surface area contributed by atoms with E-state index in [1.165, 1.54) is 7.11 Å². The van der Waals surface area contributed by atoms with Crippen molar-refractivity contribution in [2.45, 2.75) is 33.7 Å². The van der Waals surface area contributed by atoms with Crippen molar-refractivity contribution in [1.29, 1.82) is 0 Å². The summed E-state index contributed by atoms with van der Waals surface area (Å²) in [5.74, 6) is 0.430. The monoisotopic (exact) mass is 244 g/mol. The van der Waals surface area contributed by atoms with Crippen LogP contribution in [-0.2, 0) is 0 Å². The first kappa shape index (κ1) is 13.0. The van der Waals surface area contributed by atoms with Crippen molar-refractivity contribution < 1.29 is 4.74 Å². The van der Waals surface area contributed by atoms with Crippen LogP contribution < -0.4 is 10.1 Å². The predicted molar refractivity (Wildman–Crippen MR) is 63.9 cm³/mol. The fraction of sp³-hybridized carbons (Fsp3) is 0.700. The number of rotatable bonds is 3. The van der Waals surface area contributed by atoms with Crippen molar-refractivity contribution in [3.05, 3.63) is 5.28 Å². The average molecular weight is 245 g/mol. The third kappa shape index (κ3) is 3.48. The van der Waals surface area contributed by atoms with Gasteiger partial charge in [-0.25, -0.2) is 0 Å². The molecule has 16 heavy (non-hydrogen) atoms. The first-order valence-corrected chi connectivity index (χ1v) is 5.43. The molecule has 0 aliphatic carbocycles. The Morgan fingerprint density at radius 3 is 2.38 bits per heavy atom. The van der Waals surface area contributed by atoms with Gasteiger partial charge in [-0.2, -0.15) is 15.0 Å². The summed E-state index contributed by atoms with van der Waals surface area (Å²) in [4.78, 5) is 11.9. The van der Waals surface area contributed by atoms with Gasteiger partial charge >= 0.3 is 6.01 Å². The summed E-state index contributed by atoms with van der Waals surface area (Å²) in [5.41, 5.74) is 0.104. The number of anilines is 1. The maximum atomic E-state index is 5.74. The van der Waals surface area contributed by atoms with E-state index in [0.717, 1.165) is 0 Å². The highest BCUT2D eigenvalue weighted by Gasteiger charge is 2.21. The molecule has 0 radical (unpaired) electrons. The molecule has 1 aromatic rings. The highest BCUT2D eigenvalue weighted by Crippen LogP contribution is 2.22. The largest absolute Gasteiger partial charge is 0.467 e. The van der Waals surface area contributed by atoms with Crippen LogP contribution in [0.25, 0.3) is 0 Å². The predicted octanol–water partition coefficient (Wildman–Crippen LogP) is 2.38. The van der Waals surface area contributed by atoms with E-state index in [9.17, 15) is 0 Å². The quantitative estimate of drug-likeness (QED) is 0.885. The maximum Gasteiger partial charge on any atom is 0.322 e. The summed E-state index contributed by atoms with van der Waals surface area (Å²) in [6.45, 7) is 8.45. The molecule has 5 nitrogen and oxygen atoms in total. The first-order valence-electron chi connectivity index (χ1n) is 5.05. The van der Waals surface area contributed by atoms with Crippen LogP contribution in [0.2, 0.25) is 5.28 Å². The minimum absolute atomic E-state index is 0.104. The molecule has 1 aromatic heterocycles. The molecule has 1 unspecified atom stereocenters. The van der Waals surface area contributed by atoms with Crippen LogP contribution in [0.5, 0.6) is 6.01 Å². The number of nitrogens with one attached hydrogen (secondary N) is 1. The van der Waals surface area contributed by atoms with Crippen LogP contribution in [-0.4, -0.2) is 28.1 Å². The second kappa shape index (κ2) is 4.82. The van der Waals surface area contributed by atoms with Gasteiger partial charge in [0.2, 0.25) is 11.2 Å². The molecule has 0 saturated heterocycles. The Kier molecular flexibility index (Phi) is 3.91. The van der Waals surface area contributed by atoms with Gasteiger partial charge in [0.05, 0.1) is 7.11 Å². The number of methoxy groups -OCH3 is 1. The Labute approximate surface area is 101 Å². The molecule has 1 N–H and O–H groups in total. The molecule has 0 aromatic carbocycles. The van der Waals surface area contributed by atoms with Gasteiger partial charge in [0, 0.05) is 6.04 Å².